The maximum Gasteiger partial charge on any atom is 0.255 e. The second-order valence-corrected chi connectivity index (χ2v) is 8.55. The molecule has 0 fully saturated rings. The van der Waals surface area contributed by atoms with Crippen LogP contribution in [0.4, 0.5) is 4.39 Å². The Morgan fingerprint density at radius 2 is 1.65 bits per heavy atom. The Balaban J connectivity index is 1.63. The highest BCUT2D eigenvalue weighted by atomic mass is 32.2. The molecule has 0 radical (unpaired) electrons. The predicted octanol–water partition coefficient (Wildman–Crippen LogP) is 3.53. The number of rotatable bonds is 8. The normalized spacial score (nSPS) is 10.8. The number of halogens is 1. The van der Waals surface area contributed by atoms with Gasteiger partial charge in [-0.05, 0) is 41.0 Å². The van der Waals surface area contributed by atoms with Crippen LogP contribution in [-0.2, 0) is 18.6 Å². The van der Waals surface area contributed by atoms with Gasteiger partial charge < -0.3 is 10.3 Å². The third-order valence-corrected chi connectivity index (χ3v) is 6.12. The SMILES string of the molecule is CNC(=O)c1ccc(Cc2nc(SCc3ccc(F)cc3)[nH]c(=O)c2Cc2cncnc2)cc1. The highest BCUT2D eigenvalue weighted by Gasteiger charge is 2.15. The van der Waals surface area contributed by atoms with E-state index in [-0.39, 0.29) is 17.3 Å². The summed E-state index contributed by atoms with van der Waals surface area (Å²) in [5.74, 6) is 0.0827. The van der Waals surface area contributed by atoms with E-state index in [2.05, 4.69) is 20.3 Å². The van der Waals surface area contributed by atoms with Crippen molar-refractivity contribution in [3.05, 3.63) is 117 Å². The van der Waals surface area contributed by atoms with Gasteiger partial charge in [-0.3, -0.25) is 9.59 Å². The number of aromatic amines is 1. The highest BCUT2D eigenvalue weighted by Crippen LogP contribution is 2.21. The van der Waals surface area contributed by atoms with Crippen molar-refractivity contribution in [2.45, 2.75) is 23.8 Å². The second-order valence-electron chi connectivity index (χ2n) is 7.59. The monoisotopic (exact) mass is 475 g/mol. The molecule has 2 aromatic heterocycles. The molecule has 0 bridgehead atoms. The smallest absolute Gasteiger partial charge is 0.255 e. The van der Waals surface area contributed by atoms with E-state index in [0.717, 1.165) is 16.7 Å². The van der Waals surface area contributed by atoms with Crippen LogP contribution in [0.1, 0.15) is 38.3 Å². The van der Waals surface area contributed by atoms with Gasteiger partial charge >= 0.3 is 0 Å². The molecule has 0 aliphatic heterocycles. The van der Waals surface area contributed by atoms with Gasteiger partial charge in [-0.15, -0.1) is 0 Å². The van der Waals surface area contributed by atoms with Gasteiger partial charge in [-0.2, -0.15) is 0 Å². The molecule has 172 valence electrons. The zero-order chi connectivity index (χ0) is 23.9. The first-order chi connectivity index (χ1) is 16.5. The van der Waals surface area contributed by atoms with E-state index in [1.165, 1.54) is 30.2 Å². The van der Waals surface area contributed by atoms with Gasteiger partial charge in [0.25, 0.3) is 11.5 Å². The Bertz CT molecular complexity index is 1330. The van der Waals surface area contributed by atoms with Gasteiger partial charge in [0, 0.05) is 49.2 Å². The van der Waals surface area contributed by atoms with Gasteiger partial charge in [-0.1, -0.05) is 36.0 Å². The van der Waals surface area contributed by atoms with Crippen molar-refractivity contribution in [1.82, 2.24) is 25.3 Å². The Hall–Kier alpha value is -3.85. The summed E-state index contributed by atoms with van der Waals surface area (Å²) < 4.78 is 13.2. The molecule has 0 unspecified atom stereocenters. The molecule has 0 aliphatic rings. The number of nitrogens with one attached hydrogen (secondary N) is 2. The minimum absolute atomic E-state index is 0.162. The number of carbonyl (C=O) groups excluding carboxylic acids is 1. The fourth-order valence-corrected chi connectivity index (χ4v) is 4.22. The third kappa shape index (κ3) is 5.93. The van der Waals surface area contributed by atoms with Crippen LogP contribution in [-0.4, -0.2) is 32.9 Å². The Kier molecular flexibility index (Phi) is 7.44. The molecule has 2 heterocycles. The molecule has 34 heavy (non-hydrogen) atoms. The molecular formula is C25H22FN5O2S. The molecule has 7 nitrogen and oxygen atoms in total. The number of amides is 1. The Morgan fingerprint density at radius 1 is 0.971 bits per heavy atom. The van der Waals surface area contributed by atoms with Crippen molar-refractivity contribution in [2.24, 2.45) is 0 Å². The standard InChI is InChI=1S/C25H22FN5O2S/c1-27-23(32)19-6-2-16(3-7-19)11-22-21(10-18-12-28-15-29-13-18)24(33)31-25(30-22)34-14-17-4-8-20(26)9-5-17/h2-9,12-13,15H,10-11,14H2,1H3,(H,27,32)(H,30,31,33). The van der Waals surface area contributed by atoms with Crippen LogP contribution in [0.15, 0.2) is 77.2 Å². The average molecular weight is 476 g/mol. The molecule has 4 rings (SSSR count). The van der Waals surface area contributed by atoms with Crippen LogP contribution in [0.25, 0.3) is 0 Å². The fraction of sp³-hybridized carbons (Fsp3) is 0.160. The van der Waals surface area contributed by atoms with Crippen LogP contribution in [0.5, 0.6) is 0 Å². The molecule has 0 atom stereocenters. The van der Waals surface area contributed by atoms with E-state index in [9.17, 15) is 14.0 Å². The fourth-order valence-electron chi connectivity index (χ4n) is 3.39. The summed E-state index contributed by atoms with van der Waals surface area (Å²) in [7, 11) is 1.58. The number of nitrogens with zero attached hydrogens (tertiary/aromatic N) is 3. The highest BCUT2D eigenvalue weighted by molar-refractivity contribution is 7.98. The van der Waals surface area contributed by atoms with Gasteiger partial charge in [0.15, 0.2) is 5.16 Å². The van der Waals surface area contributed by atoms with Crippen LogP contribution in [0.2, 0.25) is 0 Å². The average Bonchev–Trinajstić information content (AvgIpc) is 2.86. The summed E-state index contributed by atoms with van der Waals surface area (Å²) in [6, 6.07) is 13.4. The molecule has 2 N–H and O–H groups in total. The van der Waals surface area contributed by atoms with E-state index in [0.29, 0.717) is 40.6 Å². The van der Waals surface area contributed by atoms with E-state index in [1.807, 2.05) is 12.1 Å². The molecule has 0 saturated heterocycles. The lowest BCUT2D eigenvalue weighted by Gasteiger charge is -2.11. The summed E-state index contributed by atoms with van der Waals surface area (Å²) in [5, 5.41) is 3.09. The zero-order valence-electron chi connectivity index (χ0n) is 18.4. The van der Waals surface area contributed by atoms with Gasteiger partial charge in [0.05, 0.1) is 5.69 Å². The number of carbonyl (C=O) groups is 1. The van der Waals surface area contributed by atoms with Crippen molar-refractivity contribution in [3.63, 3.8) is 0 Å². The molecule has 0 spiro atoms. The quantitative estimate of drug-likeness (QED) is 0.299. The number of hydrogen-bond acceptors (Lipinski definition) is 6. The lowest BCUT2D eigenvalue weighted by Crippen LogP contribution is -2.20. The number of H-pyrrole nitrogens is 1. The van der Waals surface area contributed by atoms with Crippen LogP contribution >= 0.6 is 11.8 Å². The van der Waals surface area contributed by atoms with E-state index >= 15 is 0 Å². The van der Waals surface area contributed by atoms with Gasteiger partial charge in [-0.25, -0.2) is 19.3 Å². The van der Waals surface area contributed by atoms with Crippen molar-refractivity contribution in [1.29, 1.82) is 0 Å². The first-order valence-corrected chi connectivity index (χ1v) is 11.5. The lowest BCUT2D eigenvalue weighted by molar-refractivity contribution is 0.0963. The predicted molar refractivity (Wildman–Crippen MR) is 128 cm³/mol. The summed E-state index contributed by atoms with van der Waals surface area (Å²) in [4.78, 5) is 40.5. The van der Waals surface area contributed by atoms with Crippen molar-refractivity contribution < 1.29 is 9.18 Å². The van der Waals surface area contributed by atoms with Crippen molar-refractivity contribution >= 4 is 17.7 Å². The largest absolute Gasteiger partial charge is 0.355 e. The van der Waals surface area contributed by atoms with Crippen LogP contribution in [0, 0.1) is 5.82 Å². The van der Waals surface area contributed by atoms with E-state index < -0.39 is 0 Å². The molecule has 9 heteroatoms. The van der Waals surface area contributed by atoms with Gasteiger partial charge in [0.1, 0.15) is 12.1 Å². The van der Waals surface area contributed by atoms with Crippen molar-refractivity contribution in [3.8, 4) is 0 Å². The van der Waals surface area contributed by atoms with Crippen molar-refractivity contribution in [2.75, 3.05) is 7.05 Å². The summed E-state index contributed by atoms with van der Waals surface area (Å²) in [5.41, 5.74) is 4.16. The topological polar surface area (TPSA) is 101 Å². The summed E-state index contributed by atoms with van der Waals surface area (Å²) >= 11 is 1.38. The zero-order valence-corrected chi connectivity index (χ0v) is 19.2. The number of thioether (sulfide) groups is 1. The molecule has 0 saturated carbocycles. The molecule has 2 aromatic carbocycles. The lowest BCUT2D eigenvalue weighted by atomic mass is 10.0. The van der Waals surface area contributed by atoms with E-state index in [1.54, 1.807) is 43.7 Å². The summed E-state index contributed by atoms with van der Waals surface area (Å²) in [6.07, 6.45) is 5.55. The Morgan fingerprint density at radius 3 is 2.32 bits per heavy atom. The molecule has 0 aliphatic carbocycles. The van der Waals surface area contributed by atoms with Crippen LogP contribution < -0.4 is 10.9 Å². The van der Waals surface area contributed by atoms with Crippen LogP contribution in [0.3, 0.4) is 0 Å². The maximum atomic E-state index is 13.2. The minimum Gasteiger partial charge on any atom is -0.355 e. The number of aromatic nitrogens is 4. The molecule has 4 aromatic rings. The third-order valence-electron chi connectivity index (χ3n) is 5.18. The molecule has 1 amide bonds. The van der Waals surface area contributed by atoms with E-state index in [4.69, 9.17) is 4.98 Å². The Labute approximate surface area is 199 Å². The van der Waals surface area contributed by atoms with Gasteiger partial charge in [0.2, 0.25) is 0 Å². The second kappa shape index (κ2) is 10.8. The molecular weight excluding hydrogens is 453 g/mol. The number of hydrogen-bond donors (Lipinski definition) is 2. The minimum atomic E-state index is -0.292. The first kappa shape index (κ1) is 23.3. The maximum absolute atomic E-state index is 13.2. The first-order valence-electron chi connectivity index (χ1n) is 10.6. The summed E-state index contributed by atoms with van der Waals surface area (Å²) in [6.45, 7) is 0. The number of benzene rings is 2.